The standard InChI is InChI=1S/C21H31BrN4O2/c1-14-5-3-4-6-18(14)24-20(27)15(2)26-11-9-16(10-12-26)21(28)25-19-8-7-17(22)13-23-19/h7-8,13-16,18H,3-6,9-12H2,1-2H3,(H,24,27)(H,23,25,28). The maximum absolute atomic E-state index is 12.7. The third kappa shape index (κ3) is 5.54. The van der Waals surface area contributed by atoms with Crippen molar-refractivity contribution in [3.8, 4) is 0 Å². The molecule has 2 fully saturated rings. The van der Waals surface area contributed by atoms with Crippen molar-refractivity contribution in [3.63, 3.8) is 0 Å². The highest BCUT2D eigenvalue weighted by atomic mass is 79.9. The maximum Gasteiger partial charge on any atom is 0.237 e. The van der Waals surface area contributed by atoms with Crippen molar-refractivity contribution in [1.29, 1.82) is 0 Å². The van der Waals surface area contributed by atoms with Gasteiger partial charge < -0.3 is 10.6 Å². The van der Waals surface area contributed by atoms with Crippen LogP contribution in [0.2, 0.25) is 0 Å². The van der Waals surface area contributed by atoms with Gasteiger partial charge in [0, 0.05) is 22.6 Å². The van der Waals surface area contributed by atoms with E-state index in [-0.39, 0.29) is 23.8 Å². The zero-order chi connectivity index (χ0) is 20.1. The highest BCUT2D eigenvalue weighted by Gasteiger charge is 2.31. The van der Waals surface area contributed by atoms with Crippen LogP contribution in [0.1, 0.15) is 52.4 Å². The Bertz CT molecular complexity index is 673. The Morgan fingerprint density at radius 3 is 2.54 bits per heavy atom. The third-order valence-electron chi connectivity index (χ3n) is 6.25. The summed E-state index contributed by atoms with van der Waals surface area (Å²) >= 11 is 3.34. The van der Waals surface area contributed by atoms with Gasteiger partial charge in [0.25, 0.3) is 0 Å². The van der Waals surface area contributed by atoms with Crippen LogP contribution in [0.25, 0.3) is 0 Å². The van der Waals surface area contributed by atoms with Crippen molar-refractivity contribution in [3.05, 3.63) is 22.8 Å². The minimum absolute atomic E-state index is 0.0163. The number of carbonyl (C=O) groups excluding carboxylic acids is 2. The molecule has 3 rings (SSSR count). The molecular weight excluding hydrogens is 420 g/mol. The predicted octanol–water partition coefficient (Wildman–Crippen LogP) is 3.58. The number of aromatic nitrogens is 1. The molecule has 1 saturated heterocycles. The Labute approximate surface area is 176 Å². The molecule has 0 spiro atoms. The number of halogens is 1. The minimum Gasteiger partial charge on any atom is -0.352 e. The topological polar surface area (TPSA) is 74.3 Å². The molecule has 154 valence electrons. The number of nitrogens with one attached hydrogen (secondary N) is 2. The molecule has 0 aromatic carbocycles. The minimum atomic E-state index is -0.147. The van der Waals surface area contributed by atoms with Gasteiger partial charge in [0.15, 0.2) is 0 Å². The van der Waals surface area contributed by atoms with Crippen molar-refractivity contribution >= 4 is 33.6 Å². The fraction of sp³-hybridized carbons (Fsp3) is 0.667. The first kappa shape index (κ1) is 21.2. The van der Waals surface area contributed by atoms with Gasteiger partial charge in [-0.3, -0.25) is 14.5 Å². The first-order chi connectivity index (χ1) is 13.4. The van der Waals surface area contributed by atoms with Gasteiger partial charge in [-0.15, -0.1) is 0 Å². The number of piperidine rings is 1. The number of hydrogen-bond acceptors (Lipinski definition) is 4. The van der Waals surface area contributed by atoms with E-state index in [9.17, 15) is 9.59 Å². The van der Waals surface area contributed by atoms with Crippen LogP contribution in [0, 0.1) is 11.8 Å². The van der Waals surface area contributed by atoms with Gasteiger partial charge in [0.2, 0.25) is 11.8 Å². The predicted molar refractivity (Wildman–Crippen MR) is 114 cm³/mol. The van der Waals surface area contributed by atoms with E-state index >= 15 is 0 Å². The average molecular weight is 451 g/mol. The highest BCUT2D eigenvalue weighted by molar-refractivity contribution is 9.10. The van der Waals surface area contributed by atoms with Crippen LogP contribution >= 0.6 is 15.9 Å². The number of nitrogens with zero attached hydrogens (tertiary/aromatic N) is 2. The Morgan fingerprint density at radius 1 is 1.18 bits per heavy atom. The highest BCUT2D eigenvalue weighted by Crippen LogP contribution is 2.25. The molecule has 2 N–H and O–H groups in total. The molecular formula is C21H31BrN4O2. The molecule has 1 aliphatic carbocycles. The summed E-state index contributed by atoms with van der Waals surface area (Å²) in [4.78, 5) is 31.6. The quantitative estimate of drug-likeness (QED) is 0.718. The lowest BCUT2D eigenvalue weighted by atomic mass is 9.86. The van der Waals surface area contributed by atoms with Crippen molar-refractivity contribution < 1.29 is 9.59 Å². The summed E-state index contributed by atoms with van der Waals surface area (Å²) in [7, 11) is 0. The van der Waals surface area contributed by atoms with E-state index in [1.165, 1.54) is 19.3 Å². The molecule has 0 bridgehead atoms. The van der Waals surface area contributed by atoms with Crippen molar-refractivity contribution in [1.82, 2.24) is 15.2 Å². The molecule has 2 aliphatic rings. The van der Waals surface area contributed by atoms with E-state index in [4.69, 9.17) is 0 Å². The molecule has 28 heavy (non-hydrogen) atoms. The third-order valence-corrected chi connectivity index (χ3v) is 6.71. The number of rotatable bonds is 5. The van der Waals surface area contributed by atoms with Gasteiger partial charge >= 0.3 is 0 Å². The van der Waals surface area contributed by atoms with Gasteiger partial charge in [-0.2, -0.15) is 0 Å². The normalized spacial score (nSPS) is 25.1. The van der Waals surface area contributed by atoms with E-state index in [1.54, 1.807) is 12.3 Å². The molecule has 2 heterocycles. The van der Waals surface area contributed by atoms with Crippen LogP contribution in [-0.2, 0) is 9.59 Å². The van der Waals surface area contributed by atoms with E-state index in [2.05, 4.69) is 43.4 Å². The van der Waals surface area contributed by atoms with E-state index in [0.29, 0.717) is 17.8 Å². The summed E-state index contributed by atoms with van der Waals surface area (Å²) < 4.78 is 0.883. The zero-order valence-corrected chi connectivity index (χ0v) is 18.4. The second-order valence-electron chi connectivity index (χ2n) is 8.21. The smallest absolute Gasteiger partial charge is 0.237 e. The maximum atomic E-state index is 12.7. The van der Waals surface area contributed by atoms with E-state index < -0.39 is 0 Å². The number of amides is 2. The fourth-order valence-electron chi connectivity index (χ4n) is 4.23. The van der Waals surface area contributed by atoms with Crippen molar-refractivity contribution in [2.75, 3.05) is 18.4 Å². The lowest BCUT2D eigenvalue weighted by Gasteiger charge is -2.36. The van der Waals surface area contributed by atoms with Crippen LogP contribution in [0.15, 0.2) is 22.8 Å². The molecule has 2 amide bonds. The van der Waals surface area contributed by atoms with Crippen LogP contribution in [0.5, 0.6) is 0 Å². The molecule has 1 saturated carbocycles. The van der Waals surface area contributed by atoms with Gasteiger partial charge in [-0.05, 0) is 79.7 Å². The summed E-state index contributed by atoms with van der Waals surface area (Å²) in [5.74, 6) is 1.25. The summed E-state index contributed by atoms with van der Waals surface area (Å²) in [6.07, 6.45) is 7.97. The Kier molecular flexibility index (Phi) is 7.46. The van der Waals surface area contributed by atoms with Gasteiger partial charge in [-0.1, -0.05) is 19.8 Å². The Morgan fingerprint density at radius 2 is 1.89 bits per heavy atom. The molecule has 3 unspecified atom stereocenters. The van der Waals surface area contributed by atoms with Crippen LogP contribution in [-0.4, -0.2) is 46.9 Å². The van der Waals surface area contributed by atoms with Crippen LogP contribution < -0.4 is 10.6 Å². The number of anilines is 1. The van der Waals surface area contributed by atoms with E-state index in [0.717, 1.165) is 36.8 Å². The summed E-state index contributed by atoms with van der Waals surface area (Å²) in [5, 5.41) is 6.16. The number of hydrogen-bond donors (Lipinski definition) is 2. The molecule has 0 radical (unpaired) electrons. The van der Waals surface area contributed by atoms with Crippen molar-refractivity contribution in [2.45, 2.75) is 64.5 Å². The molecule has 1 aliphatic heterocycles. The van der Waals surface area contributed by atoms with E-state index in [1.807, 2.05) is 13.0 Å². The molecule has 7 heteroatoms. The number of pyridine rings is 1. The number of likely N-dealkylation sites (tertiary alicyclic amines) is 1. The fourth-order valence-corrected chi connectivity index (χ4v) is 4.46. The number of carbonyl (C=O) groups is 2. The molecule has 1 aromatic heterocycles. The zero-order valence-electron chi connectivity index (χ0n) is 16.8. The van der Waals surface area contributed by atoms with Crippen LogP contribution in [0.4, 0.5) is 5.82 Å². The Balaban J connectivity index is 1.45. The molecule has 6 nitrogen and oxygen atoms in total. The average Bonchev–Trinajstić information content (AvgIpc) is 2.71. The first-order valence-electron chi connectivity index (χ1n) is 10.4. The largest absolute Gasteiger partial charge is 0.352 e. The lowest BCUT2D eigenvalue weighted by molar-refractivity contribution is -0.128. The lowest BCUT2D eigenvalue weighted by Crippen LogP contribution is -2.52. The van der Waals surface area contributed by atoms with Gasteiger partial charge in [0.1, 0.15) is 5.82 Å². The van der Waals surface area contributed by atoms with Crippen LogP contribution in [0.3, 0.4) is 0 Å². The molecule has 1 aromatic rings. The van der Waals surface area contributed by atoms with Crippen molar-refractivity contribution in [2.24, 2.45) is 11.8 Å². The van der Waals surface area contributed by atoms with Gasteiger partial charge in [-0.25, -0.2) is 4.98 Å². The Hall–Kier alpha value is -1.47. The summed E-state index contributed by atoms with van der Waals surface area (Å²) in [6, 6.07) is 3.81. The molecule has 3 atom stereocenters. The van der Waals surface area contributed by atoms with Gasteiger partial charge in [0.05, 0.1) is 6.04 Å². The second kappa shape index (κ2) is 9.83. The SMILES string of the molecule is CC1CCCCC1NC(=O)C(C)N1CCC(C(=O)Nc2ccc(Br)cn2)CC1. The summed E-state index contributed by atoms with van der Waals surface area (Å²) in [6.45, 7) is 5.75. The second-order valence-corrected chi connectivity index (χ2v) is 9.13. The summed E-state index contributed by atoms with van der Waals surface area (Å²) in [5.41, 5.74) is 0. The monoisotopic (exact) mass is 450 g/mol. The first-order valence-corrected chi connectivity index (χ1v) is 11.2.